The minimum absolute atomic E-state index is 0.00132. The predicted octanol–water partition coefficient (Wildman–Crippen LogP) is 5.63. The van der Waals surface area contributed by atoms with Gasteiger partial charge in [0.25, 0.3) is 5.91 Å². The second-order valence-corrected chi connectivity index (χ2v) is 8.12. The van der Waals surface area contributed by atoms with E-state index in [9.17, 15) is 9.59 Å². The lowest BCUT2D eigenvalue weighted by Gasteiger charge is -2.35. The first-order chi connectivity index (χ1) is 12.6. The Bertz CT molecular complexity index is 832. The van der Waals surface area contributed by atoms with Gasteiger partial charge >= 0.3 is 5.97 Å². The summed E-state index contributed by atoms with van der Waals surface area (Å²) >= 11 is 18.0. The Morgan fingerprint density at radius 2 is 1.56 bits per heavy atom. The molecular weight excluding hydrogens is 409 g/mol. The normalized spacial score (nSPS) is 11.2. The van der Waals surface area contributed by atoms with Gasteiger partial charge in [-0.05, 0) is 38.5 Å². The molecule has 27 heavy (non-hydrogen) atoms. The van der Waals surface area contributed by atoms with Crippen molar-refractivity contribution < 1.29 is 14.3 Å². The summed E-state index contributed by atoms with van der Waals surface area (Å²) in [6.45, 7) is 5.72. The van der Waals surface area contributed by atoms with Crippen molar-refractivity contribution in [1.82, 2.24) is 4.90 Å². The Hall–Kier alpha value is -1.75. The minimum Gasteiger partial charge on any atom is -0.452 e. The SMILES string of the molecule is CC(C)(C)N(Cc1ccccc1)C(=O)COC(=O)c1c(Cl)ccc(Cl)c1Cl. The third-order valence-electron chi connectivity index (χ3n) is 3.87. The molecule has 0 spiro atoms. The van der Waals surface area contributed by atoms with E-state index in [1.54, 1.807) is 4.90 Å². The molecule has 0 bridgehead atoms. The Kier molecular flexibility index (Phi) is 7.15. The summed E-state index contributed by atoms with van der Waals surface area (Å²) in [6, 6.07) is 12.5. The van der Waals surface area contributed by atoms with Crippen LogP contribution in [-0.2, 0) is 16.1 Å². The minimum atomic E-state index is -0.797. The number of esters is 1. The van der Waals surface area contributed by atoms with Gasteiger partial charge in [0, 0.05) is 12.1 Å². The van der Waals surface area contributed by atoms with Crippen LogP contribution in [-0.4, -0.2) is 28.9 Å². The number of amides is 1. The van der Waals surface area contributed by atoms with Gasteiger partial charge in [0.1, 0.15) is 0 Å². The number of rotatable bonds is 5. The van der Waals surface area contributed by atoms with E-state index in [-0.39, 0.29) is 26.5 Å². The van der Waals surface area contributed by atoms with E-state index in [0.29, 0.717) is 6.54 Å². The Labute approximate surface area is 174 Å². The summed E-state index contributed by atoms with van der Waals surface area (Å²) in [5, 5.41) is 0.289. The first-order valence-electron chi connectivity index (χ1n) is 8.26. The van der Waals surface area contributed by atoms with Crippen LogP contribution in [0.2, 0.25) is 15.1 Å². The molecule has 7 heteroatoms. The molecule has 144 valence electrons. The van der Waals surface area contributed by atoms with Gasteiger partial charge < -0.3 is 9.64 Å². The largest absolute Gasteiger partial charge is 0.452 e. The zero-order valence-electron chi connectivity index (χ0n) is 15.3. The fraction of sp³-hybridized carbons (Fsp3) is 0.300. The Morgan fingerprint density at radius 1 is 0.963 bits per heavy atom. The fourth-order valence-corrected chi connectivity index (χ4v) is 3.14. The van der Waals surface area contributed by atoms with Gasteiger partial charge in [0.2, 0.25) is 0 Å². The zero-order valence-corrected chi connectivity index (χ0v) is 17.5. The third-order valence-corrected chi connectivity index (χ3v) is 4.99. The molecule has 2 aromatic rings. The van der Waals surface area contributed by atoms with E-state index in [2.05, 4.69) is 0 Å². The van der Waals surface area contributed by atoms with Crippen molar-refractivity contribution in [3.05, 3.63) is 68.7 Å². The molecule has 0 unspecified atom stereocenters. The van der Waals surface area contributed by atoms with Gasteiger partial charge in [-0.25, -0.2) is 4.79 Å². The van der Waals surface area contributed by atoms with Crippen molar-refractivity contribution in [2.75, 3.05) is 6.61 Å². The molecule has 0 saturated heterocycles. The molecule has 4 nitrogen and oxygen atoms in total. The Balaban J connectivity index is 2.12. The maximum Gasteiger partial charge on any atom is 0.341 e. The number of hydrogen-bond donors (Lipinski definition) is 0. The van der Waals surface area contributed by atoms with Crippen LogP contribution in [0.25, 0.3) is 0 Å². The van der Waals surface area contributed by atoms with Crippen molar-refractivity contribution in [2.24, 2.45) is 0 Å². The highest BCUT2D eigenvalue weighted by Crippen LogP contribution is 2.32. The van der Waals surface area contributed by atoms with Crippen LogP contribution in [0, 0.1) is 0 Å². The van der Waals surface area contributed by atoms with Gasteiger partial charge in [-0.1, -0.05) is 65.1 Å². The highest BCUT2D eigenvalue weighted by Gasteiger charge is 2.28. The number of hydrogen-bond acceptors (Lipinski definition) is 3. The van der Waals surface area contributed by atoms with E-state index in [1.807, 2.05) is 51.1 Å². The second-order valence-electron chi connectivity index (χ2n) is 6.93. The number of benzene rings is 2. The average Bonchev–Trinajstić information content (AvgIpc) is 2.61. The summed E-state index contributed by atoms with van der Waals surface area (Å²) in [5.41, 5.74) is 0.474. The van der Waals surface area contributed by atoms with Crippen LogP contribution in [0.3, 0.4) is 0 Å². The quantitative estimate of drug-likeness (QED) is 0.458. The molecule has 2 aromatic carbocycles. The second kappa shape index (κ2) is 8.96. The molecule has 0 fully saturated rings. The van der Waals surface area contributed by atoms with Crippen LogP contribution in [0.1, 0.15) is 36.7 Å². The standard InChI is InChI=1S/C20H20Cl3NO3/c1-20(2,3)24(11-13-7-5-4-6-8-13)16(25)12-27-19(26)17-14(21)9-10-15(22)18(17)23/h4-10H,11-12H2,1-3H3. The van der Waals surface area contributed by atoms with E-state index < -0.39 is 18.1 Å². The molecule has 0 aliphatic carbocycles. The third kappa shape index (κ3) is 5.61. The number of carbonyl (C=O) groups excluding carboxylic acids is 2. The zero-order chi connectivity index (χ0) is 20.2. The molecule has 0 saturated carbocycles. The van der Waals surface area contributed by atoms with Crippen LogP contribution < -0.4 is 0 Å². The van der Waals surface area contributed by atoms with Crippen molar-refractivity contribution in [2.45, 2.75) is 32.9 Å². The molecule has 0 atom stereocenters. The molecular formula is C20H20Cl3NO3. The number of nitrogens with zero attached hydrogens (tertiary/aromatic N) is 1. The maximum atomic E-state index is 12.7. The van der Waals surface area contributed by atoms with Crippen molar-refractivity contribution >= 4 is 46.7 Å². The smallest absolute Gasteiger partial charge is 0.341 e. The van der Waals surface area contributed by atoms with E-state index >= 15 is 0 Å². The van der Waals surface area contributed by atoms with Crippen molar-refractivity contribution in [1.29, 1.82) is 0 Å². The predicted molar refractivity (Wildman–Crippen MR) is 108 cm³/mol. The molecule has 0 N–H and O–H groups in total. The highest BCUT2D eigenvalue weighted by atomic mass is 35.5. The molecule has 0 aromatic heterocycles. The van der Waals surface area contributed by atoms with Crippen molar-refractivity contribution in [3.8, 4) is 0 Å². The van der Waals surface area contributed by atoms with Gasteiger partial charge in [-0.15, -0.1) is 0 Å². The first kappa shape index (κ1) is 21.5. The van der Waals surface area contributed by atoms with Gasteiger partial charge in [0.05, 0.1) is 20.6 Å². The van der Waals surface area contributed by atoms with Gasteiger partial charge in [-0.3, -0.25) is 4.79 Å². The van der Waals surface area contributed by atoms with E-state index in [0.717, 1.165) is 5.56 Å². The summed E-state index contributed by atoms with van der Waals surface area (Å²) in [4.78, 5) is 26.7. The summed E-state index contributed by atoms with van der Waals surface area (Å²) < 4.78 is 5.16. The van der Waals surface area contributed by atoms with Gasteiger partial charge in [0.15, 0.2) is 6.61 Å². The van der Waals surface area contributed by atoms with E-state index in [4.69, 9.17) is 39.5 Å². The van der Waals surface area contributed by atoms with Crippen molar-refractivity contribution in [3.63, 3.8) is 0 Å². The lowest BCUT2D eigenvalue weighted by molar-refractivity contribution is -0.140. The van der Waals surface area contributed by atoms with Crippen LogP contribution in [0.15, 0.2) is 42.5 Å². The summed E-state index contributed by atoms with van der Waals surface area (Å²) in [5.74, 6) is -1.12. The fourth-order valence-electron chi connectivity index (χ4n) is 2.46. The Morgan fingerprint density at radius 3 is 2.15 bits per heavy atom. The molecule has 0 aliphatic rings. The molecule has 0 aliphatic heterocycles. The molecule has 2 rings (SSSR count). The number of ether oxygens (including phenoxy) is 1. The number of halogens is 3. The average molecular weight is 429 g/mol. The lowest BCUT2D eigenvalue weighted by Crippen LogP contribution is -2.46. The van der Waals surface area contributed by atoms with Crippen LogP contribution in [0.5, 0.6) is 0 Å². The van der Waals surface area contributed by atoms with Gasteiger partial charge in [-0.2, -0.15) is 0 Å². The summed E-state index contributed by atoms with van der Waals surface area (Å²) in [6.07, 6.45) is 0. The molecule has 1 amide bonds. The van der Waals surface area contributed by atoms with Crippen LogP contribution >= 0.6 is 34.8 Å². The lowest BCUT2D eigenvalue weighted by atomic mass is 10.0. The molecule has 0 radical (unpaired) electrons. The first-order valence-corrected chi connectivity index (χ1v) is 9.39. The van der Waals surface area contributed by atoms with E-state index in [1.165, 1.54) is 12.1 Å². The highest BCUT2D eigenvalue weighted by molar-refractivity contribution is 6.46. The topological polar surface area (TPSA) is 46.6 Å². The monoisotopic (exact) mass is 427 g/mol. The van der Waals surface area contributed by atoms with Crippen LogP contribution in [0.4, 0.5) is 0 Å². The molecule has 0 heterocycles. The maximum absolute atomic E-state index is 12.7. The number of carbonyl (C=O) groups is 2. The summed E-state index contributed by atoms with van der Waals surface area (Å²) in [7, 11) is 0.